The first-order valence-corrected chi connectivity index (χ1v) is 8.27. The molecule has 0 bridgehead atoms. The summed E-state index contributed by atoms with van der Waals surface area (Å²) in [6, 6.07) is 7.79. The third kappa shape index (κ3) is 5.19. The van der Waals surface area contributed by atoms with Gasteiger partial charge in [0, 0.05) is 43.0 Å². The van der Waals surface area contributed by atoms with Gasteiger partial charge in [0.1, 0.15) is 0 Å². The van der Waals surface area contributed by atoms with E-state index in [4.69, 9.17) is 0 Å². The predicted molar refractivity (Wildman–Crippen MR) is 96.7 cm³/mol. The summed E-state index contributed by atoms with van der Waals surface area (Å²) in [7, 11) is 0. The van der Waals surface area contributed by atoms with E-state index >= 15 is 0 Å². The Morgan fingerprint density at radius 2 is 2.12 bits per heavy atom. The Morgan fingerprint density at radius 1 is 1.33 bits per heavy atom. The minimum atomic E-state index is -0.0701. The number of hydrogen-bond acceptors (Lipinski definition) is 4. The Labute approximate surface area is 148 Å². The molecule has 1 aliphatic heterocycles. The Balaban J connectivity index is 0.00000208. The molecule has 3 N–H and O–H groups in total. The molecule has 0 unspecified atom stereocenters. The first kappa shape index (κ1) is 18.7. The molecule has 6 nitrogen and oxygen atoms in total. The molecule has 0 radical (unpaired) electrons. The smallest absolute Gasteiger partial charge is 0.251 e. The van der Waals surface area contributed by atoms with Crippen molar-refractivity contribution in [1.29, 1.82) is 0 Å². The molecular weight excluding hydrogens is 328 g/mol. The van der Waals surface area contributed by atoms with E-state index in [1.807, 2.05) is 6.07 Å². The number of benzene rings is 1. The van der Waals surface area contributed by atoms with Crippen molar-refractivity contribution in [2.45, 2.75) is 31.8 Å². The summed E-state index contributed by atoms with van der Waals surface area (Å²) in [4.78, 5) is 26.4. The first-order valence-electron chi connectivity index (χ1n) is 8.27. The Morgan fingerprint density at radius 3 is 2.83 bits per heavy atom. The molecule has 2 amide bonds. The van der Waals surface area contributed by atoms with Crippen molar-refractivity contribution in [3.63, 3.8) is 0 Å². The van der Waals surface area contributed by atoms with Crippen molar-refractivity contribution >= 4 is 29.9 Å². The fourth-order valence-corrected chi connectivity index (χ4v) is 2.74. The molecule has 0 spiro atoms. The fraction of sp³-hybridized carbons (Fsp3) is 0.529. The lowest BCUT2D eigenvalue weighted by atomic mass is 10.2. The van der Waals surface area contributed by atoms with Gasteiger partial charge in [0.15, 0.2) is 0 Å². The molecule has 1 aromatic carbocycles. The molecule has 7 heteroatoms. The quantitative estimate of drug-likeness (QED) is 0.745. The fourth-order valence-electron chi connectivity index (χ4n) is 2.74. The Bertz CT molecular complexity index is 592. The van der Waals surface area contributed by atoms with Gasteiger partial charge in [-0.25, -0.2) is 0 Å². The van der Waals surface area contributed by atoms with Crippen LogP contribution in [0.15, 0.2) is 24.3 Å². The lowest BCUT2D eigenvalue weighted by Gasteiger charge is -2.33. The third-order valence-electron chi connectivity index (χ3n) is 4.31. The number of anilines is 1. The minimum absolute atomic E-state index is 0. The number of halogens is 1. The van der Waals surface area contributed by atoms with E-state index in [0.717, 1.165) is 32.5 Å². The van der Waals surface area contributed by atoms with E-state index in [1.54, 1.807) is 18.2 Å². The highest BCUT2D eigenvalue weighted by Gasteiger charge is 2.24. The number of nitrogens with one attached hydrogen (secondary N) is 3. The van der Waals surface area contributed by atoms with Gasteiger partial charge in [-0.15, -0.1) is 12.4 Å². The van der Waals surface area contributed by atoms with Crippen LogP contribution in [0.2, 0.25) is 0 Å². The molecule has 2 fully saturated rings. The van der Waals surface area contributed by atoms with Gasteiger partial charge >= 0.3 is 0 Å². The predicted octanol–water partition coefficient (Wildman–Crippen LogP) is 1.23. The van der Waals surface area contributed by atoms with Gasteiger partial charge in [0.05, 0.1) is 6.54 Å². The SMILES string of the molecule is C[C@@H]1CNCCN1CC(=O)Nc1cccc(C(=O)NC2CC2)c1.Cl. The van der Waals surface area contributed by atoms with Crippen molar-refractivity contribution in [1.82, 2.24) is 15.5 Å². The highest BCUT2D eigenvalue weighted by Crippen LogP contribution is 2.20. The van der Waals surface area contributed by atoms with Crippen molar-refractivity contribution < 1.29 is 9.59 Å². The Hall–Kier alpha value is -1.63. The topological polar surface area (TPSA) is 73.5 Å². The van der Waals surface area contributed by atoms with Crippen LogP contribution in [-0.2, 0) is 4.79 Å². The maximum absolute atomic E-state index is 12.2. The number of carbonyl (C=O) groups excluding carboxylic acids is 2. The van der Waals surface area contributed by atoms with Gasteiger partial charge in [0.2, 0.25) is 5.91 Å². The van der Waals surface area contributed by atoms with Crippen molar-refractivity contribution in [3.05, 3.63) is 29.8 Å². The summed E-state index contributed by atoms with van der Waals surface area (Å²) in [6.45, 7) is 5.18. The van der Waals surface area contributed by atoms with E-state index in [2.05, 4.69) is 27.8 Å². The normalized spacial score (nSPS) is 20.8. The van der Waals surface area contributed by atoms with Crippen molar-refractivity contribution in [2.24, 2.45) is 0 Å². The maximum atomic E-state index is 12.2. The molecule has 0 aromatic heterocycles. The van der Waals surface area contributed by atoms with E-state index in [1.165, 1.54) is 0 Å². The number of nitrogens with zero attached hydrogens (tertiary/aromatic N) is 1. The van der Waals surface area contributed by atoms with Gasteiger partial charge in [-0.05, 0) is 38.0 Å². The summed E-state index contributed by atoms with van der Waals surface area (Å²) in [6.07, 6.45) is 2.12. The maximum Gasteiger partial charge on any atom is 0.251 e. The van der Waals surface area contributed by atoms with E-state index in [-0.39, 0.29) is 24.2 Å². The molecule has 1 heterocycles. The molecule has 2 aliphatic rings. The molecule has 1 aromatic rings. The molecule has 1 atom stereocenters. The second kappa shape index (κ2) is 8.46. The van der Waals surface area contributed by atoms with Gasteiger partial charge in [-0.2, -0.15) is 0 Å². The van der Waals surface area contributed by atoms with Gasteiger partial charge in [-0.3, -0.25) is 14.5 Å². The monoisotopic (exact) mass is 352 g/mol. The molecule has 1 aliphatic carbocycles. The van der Waals surface area contributed by atoms with Crippen LogP contribution < -0.4 is 16.0 Å². The molecular formula is C17H25ClN4O2. The number of amides is 2. The molecule has 3 rings (SSSR count). The Kier molecular flexibility index (Phi) is 6.60. The first-order chi connectivity index (χ1) is 11.1. The average molecular weight is 353 g/mol. The molecule has 1 saturated carbocycles. The summed E-state index contributed by atoms with van der Waals surface area (Å²) < 4.78 is 0. The van der Waals surface area contributed by atoms with Crippen LogP contribution in [0, 0.1) is 0 Å². The van der Waals surface area contributed by atoms with Crippen molar-refractivity contribution in [2.75, 3.05) is 31.5 Å². The zero-order valence-corrected chi connectivity index (χ0v) is 14.7. The lowest BCUT2D eigenvalue weighted by Crippen LogP contribution is -2.51. The summed E-state index contributed by atoms with van der Waals surface area (Å²) >= 11 is 0. The van der Waals surface area contributed by atoms with Crippen molar-refractivity contribution in [3.8, 4) is 0 Å². The highest BCUT2D eigenvalue weighted by atomic mass is 35.5. The van der Waals surface area contributed by atoms with Crippen LogP contribution >= 0.6 is 12.4 Å². The van der Waals surface area contributed by atoms with Crippen LogP contribution in [0.1, 0.15) is 30.1 Å². The molecule has 132 valence electrons. The van der Waals surface area contributed by atoms with Crippen LogP contribution in [0.4, 0.5) is 5.69 Å². The zero-order valence-electron chi connectivity index (χ0n) is 13.9. The van der Waals surface area contributed by atoms with Crippen LogP contribution in [0.3, 0.4) is 0 Å². The summed E-state index contributed by atoms with van der Waals surface area (Å²) in [5.74, 6) is -0.113. The van der Waals surface area contributed by atoms with E-state index < -0.39 is 0 Å². The molecule has 1 saturated heterocycles. The molecule has 24 heavy (non-hydrogen) atoms. The van der Waals surface area contributed by atoms with Gasteiger partial charge in [0.25, 0.3) is 5.91 Å². The van der Waals surface area contributed by atoms with Crippen LogP contribution in [0.25, 0.3) is 0 Å². The summed E-state index contributed by atoms with van der Waals surface area (Å²) in [5, 5.41) is 9.16. The second-order valence-corrected chi connectivity index (χ2v) is 6.40. The summed E-state index contributed by atoms with van der Waals surface area (Å²) in [5.41, 5.74) is 1.26. The third-order valence-corrected chi connectivity index (χ3v) is 4.31. The van der Waals surface area contributed by atoms with E-state index in [0.29, 0.717) is 29.9 Å². The average Bonchev–Trinajstić information content (AvgIpc) is 3.34. The zero-order chi connectivity index (χ0) is 16.2. The minimum Gasteiger partial charge on any atom is -0.349 e. The van der Waals surface area contributed by atoms with Crippen LogP contribution in [0.5, 0.6) is 0 Å². The van der Waals surface area contributed by atoms with E-state index in [9.17, 15) is 9.59 Å². The second-order valence-electron chi connectivity index (χ2n) is 6.40. The standard InChI is InChI=1S/C17H24N4O2.ClH/c1-12-10-18-7-8-21(12)11-16(22)19-15-4-2-3-13(9-15)17(23)20-14-5-6-14;/h2-4,9,12,14,18H,5-8,10-11H2,1H3,(H,19,22)(H,20,23);1H/t12-;/m1./s1. The number of carbonyl (C=O) groups is 2. The lowest BCUT2D eigenvalue weighted by molar-refractivity contribution is -0.118. The number of hydrogen-bond donors (Lipinski definition) is 3. The largest absolute Gasteiger partial charge is 0.349 e. The highest BCUT2D eigenvalue weighted by molar-refractivity contribution is 5.97. The van der Waals surface area contributed by atoms with Gasteiger partial charge in [-0.1, -0.05) is 6.07 Å². The van der Waals surface area contributed by atoms with Gasteiger partial charge < -0.3 is 16.0 Å². The number of rotatable bonds is 5. The number of piperazine rings is 1. The van der Waals surface area contributed by atoms with Crippen LogP contribution in [-0.4, -0.2) is 55.0 Å².